The van der Waals surface area contributed by atoms with Crippen LogP contribution in [-0.2, 0) is 20.9 Å². The van der Waals surface area contributed by atoms with Gasteiger partial charge in [0.2, 0.25) is 0 Å². The molecule has 0 saturated heterocycles. The number of nitrogens with zero attached hydrogens (tertiary/aromatic N) is 1. The second-order valence-corrected chi connectivity index (χ2v) is 10.4. The number of benzene rings is 3. The van der Waals surface area contributed by atoms with E-state index < -0.39 is 11.8 Å². The molecule has 3 aromatic rings. The Hall–Kier alpha value is -3.51. The van der Waals surface area contributed by atoms with Gasteiger partial charge in [-0.25, -0.2) is 0 Å². The van der Waals surface area contributed by atoms with E-state index in [1.807, 2.05) is 85.8 Å². The first-order valence-electron chi connectivity index (χ1n) is 12.3. The van der Waals surface area contributed by atoms with Gasteiger partial charge in [-0.05, 0) is 47.9 Å². The molecule has 2 aliphatic rings. The molecule has 37 heavy (non-hydrogen) atoms. The van der Waals surface area contributed by atoms with E-state index in [4.69, 9.17) is 14.5 Å². The first-order chi connectivity index (χ1) is 17.9. The van der Waals surface area contributed by atoms with Gasteiger partial charge in [-0.15, -0.1) is 0 Å². The van der Waals surface area contributed by atoms with Crippen molar-refractivity contribution in [3.63, 3.8) is 0 Å². The van der Waals surface area contributed by atoms with Crippen molar-refractivity contribution < 1.29 is 19.1 Å². The van der Waals surface area contributed by atoms with Crippen molar-refractivity contribution in [3.8, 4) is 5.75 Å². The molecular formula is C31H28BrNO4. The minimum Gasteiger partial charge on any atom is -0.497 e. The molecule has 0 fully saturated rings. The number of halogens is 1. The Balaban J connectivity index is 1.51. The highest BCUT2D eigenvalue weighted by molar-refractivity contribution is 9.10. The van der Waals surface area contributed by atoms with E-state index in [1.165, 1.54) is 0 Å². The molecule has 0 radical (unpaired) electrons. The lowest BCUT2D eigenvalue weighted by Gasteiger charge is -2.39. The smallest absolute Gasteiger partial charge is 0.315 e. The molecule has 0 N–H and O–H groups in total. The highest BCUT2D eigenvalue weighted by atomic mass is 79.9. The summed E-state index contributed by atoms with van der Waals surface area (Å²) in [6, 6.07) is 25.2. The molecule has 188 valence electrons. The molecule has 5 rings (SSSR count). The zero-order chi connectivity index (χ0) is 25.9. The molecule has 0 spiro atoms. The topological polar surface area (TPSA) is 65.0 Å². The lowest BCUT2D eigenvalue weighted by molar-refractivity contribution is -0.148. The number of allylic oxidation sites excluding steroid dienone is 2. The second-order valence-electron chi connectivity index (χ2n) is 9.52. The van der Waals surface area contributed by atoms with Gasteiger partial charge < -0.3 is 9.47 Å². The van der Waals surface area contributed by atoms with Crippen LogP contribution in [0.4, 0.5) is 0 Å². The minimum absolute atomic E-state index is 0.0756. The zero-order valence-electron chi connectivity index (χ0n) is 20.8. The molecule has 4 unspecified atom stereocenters. The van der Waals surface area contributed by atoms with Crippen LogP contribution in [0.25, 0.3) is 0 Å². The first-order valence-corrected chi connectivity index (χ1v) is 13.1. The highest BCUT2D eigenvalue weighted by Crippen LogP contribution is 2.47. The number of aliphatic imine (C=N–C) groups is 1. The maximum Gasteiger partial charge on any atom is 0.315 e. The lowest BCUT2D eigenvalue weighted by Crippen LogP contribution is -2.42. The van der Waals surface area contributed by atoms with Crippen LogP contribution < -0.4 is 4.74 Å². The van der Waals surface area contributed by atoms with Gasteiger partial charge in [0.25, 0.3) is 0 Å². The lowest BCUT2D eigenvalue weighted by atomic mass is 9.66. The van der Waals surface area contributed by atoms with Crippen molar-refractivity contribution in [2.75, 3.05) is 7.11 Å². The molecular weight excluding hydrogens is 530 g/mol. The van der Waals surface area contributed by atoms with Crippen LogP contribution in [0.1, 0.15) is 41.9 Å². The molecule has 1 heterocycles. The molecule has 0 amide bonds. The molecule has 0 bridgehead atoms. The molecule has 0 saturated carbocycles. The number of fused-ring (bicyclic) bond motifs is 1. The van der Waals surface area contributed by atoms with Gasteiger partial charge in [-0.1, -0.05) is 76.6 Å². The number of rotatable bonds is 6. The van der Waals surface area contributed by atoms with Gasteiger partial charge in [-0.2, -0.15) is 0 Å². The largest absolute Gasteiger partial charge is 0.497 e. The molecule has 5 nitrogen and oxygen atoms in total. The Labute approximate surface area is 225 Å². The predicted molar refractivity (Wildman–Crippen MR) is 147 cm³/mol. The van der Waals surface area contributed by atoms with Crippen LogP contribution in [-0.4, -0.2) is 24.6 Å². The minimum atomic E-state index is -0.645. The summed E-state index contributed by atoms with van der Waals surface area (Å²) in [5, 5.41) is 0. The van der Waals surface area contributed by atoms with Crippen molar-refractivity contribution in [3.05, 3.63) is 112 Å². The Bertz CT molecular complexity index is 1350. The third-order valence-electron chi connectivity index (χ3n) is 7.21. The van der Waals surface area contributed by atoms with E-state index in [0.29, 0.717) is 12.1 Å². The van der Waals surface area contributed by atoms with Gasteiger partial charge in [-0.3, -0.25) is 14.6 Å². The fraction of sp³-hybridized carbons (Fsp3) is 0.258. The molecule has 4 atom stereocenters. The van der Waals surface area contributed by atoms with Crippen LogP contribution in [0.2, 0.25) is 0 Å². The molecule has 6 heteroatoms. The number of ketones is 1. The van der Waals surface area contributed by atoms with E-state index in [0.717, 1.165) is 32.6 Å². The van der Waals surface area contributed by atoms with Gasteiger partial charge in [0.1, 0.15) is 24.1 Å². The molecule has 1 aliphatic carbocycles. The molecule has 1 aliphatic heterocycles. The van der Waals surface area contributed by atoms with Crippen LogP contribution in [0, 0.1) is 11.8 Å². The average molecular weight is 558 g/mol. The van der Waals surface area contributed by atoms with E-state index in [2.05, 4.69) is 22.0 Å². The summed E-state index contributed by atoms with van der Waals surface area (Å²) in [5.41, 5.74) is 4.27. The number of esters is 1. The Morgan fingerprint density at radius 2 is 1.65 bits per heavy atom. The van der Waals surface area contributed by atoms with Crippen LogP contribution in [0.5, 0.6) is 5.75 Å². The highest BCUT2D eigenvalue weighted by Gasteiger charge is 2.48. The maximum absolute atomic E-state index is 13.7. The second kappa shape index (κ2) is 10.9. The summed E-state index contributed by atoms with van der Waals surface area (Å²) in [6.45, 7) is 2.04. The predicted octanol–water partition coefficient (Wildman–Crippen LogP) is 6.63. The summed E-state index contributed by atoms with van der Waals surface area (Å²) >= 11 is 3.50. The SMILES string of the molecule is COc1ccc(C2C=C3N=C(C)C(C(=O)OCc4ccccc4)C(c4ccc(Br)cc4)C3C(=O)C2)cc1. The third kappa shape index (κ3) is 5.30. The summed E-state index contributed by atoms with van der Waals surface area (Å²) in [5.74, 6) is -1.11. The van der Waals surface area contributed by atoms with Gasteiger partial charge in [0.05, 0.1) is 13.0 Å². The normalized spacial score (nSPS) is 22.9. The fourth-order valence-corrected chi connectivity index (χ4v) is 5.63. The summed E-state index contributed by atoms with van der Waals surface area (Å²) < 4.78 is 12.0. The summed E-state index contributed by atoms with van der Waals surface area (Å²) in [7, 11) is 1.63. The van der Waals surface area contributed by atoms with Crippen molar-refractivity contribution in [2.45, 2.75) is 31.8 Å². The average Bonchev–Trinajstić information content (AvgIpc) is 2.92. The van der Waals surface area contributed by atoms with Crippen LogP contribution in [0.3, 0.4) is 0 Å². The van der Waals surface area contributed by atoms with Crippen LogP contribution in [0.15, 0.2) is 100 Å². The van der Waals surface area contributed by atoms with Crippen molar-refractivity contribution in [1.29, 1.82) is 0 Å². The number of Topliss-reactive ketones (excluding diaryl/α,β-unsaturated/α-hetero) is 1. The quantitative estimate of drug-likeness (QED) is 0.319. The van der Waals surface area contributed by atoms with E-state index in [9.17, 15) is 9.59 Å². The van der Waals surface area contributed by atoms with Gasteiger partial charge in [0, 0.05) is 34.1 Å². The van der Waals surface area contributed by atoms with E-state index >= 15 is 0 Å². The Morgan fingerprint density at radius 1 is 0.973 bits per heavy atom. The monoisotopic (exact) mass is 557 g/mol. The fourth-order valence-electron chi connectivity index (χ4n) is 5.36. The molecule has 3 aromatic carbocycles. The number of methoxy groups -OCH3 is 1. The van der Waals surface area contributed by atoms with Crippen molar-refractivity contribution in [2.24, 2.45) is 16.8 Å². The molecule has 0 aromatic heterocycles. The third-order valence-corrected chi connectivity index (χ3v) is 7.74. The van der Waals surface area contributed by atoms with Crippen molar-refractivity contribution in [1.82, 2.24) is 0 Å². The maximum atomic E-state index is 13.7. The van der Waals surface area contributed by atoms with Gasteiger partial charge in [0.15, 0.2) is 0 Å². The Morgan fingerprint density at radius 3 is 2.32 bits per heavy atom. The zero-order valence-corrected chi connectivity index (χ0v) is 22.4. The standard InChI is InChI=1S/C31H28BrNO4/c1-19-28(31(35)37-18-20-6-4-3-5-7-20)29(22-8-12-24(32)13-9-22)30-26(33-19)16-23(17-27(30)34)21-10-14-25(36-2)15-11-21/h3-16,23,28-30H,17-18H2,1-2H3. The van der Waals surface area contributed by atoms with E-state index in [-0.39, 0.29) is 30.2 Å². The van der Waals surface area contributed by atoms with Crippen molar-refractivity contribution >= 4 is 33.4 Å². The Kier molecular flexibility index (Phi) is 7.38. The number of hydrogen-bond donors (Lipinski definition) is 0. The number of carbonyl (C=O) groups excluding carboxylic acids is 2. The summed E-state index contributed by atoms with van der Waals surface area (Å²) in [4.78, 5) is 32.1. The summed E-state index contributed by atoms with van der Waals surface area (Å²) in [6.07, 6.45) is 2.45. The van der Waals surface area contributed by atoms with E-state index in [1.54, 1.807) is 7.11 Å². The number of ether oxygens (including phenoxy) is 2. The number of hydrogen-bond acceptors (Lipinski definition) is 5. The van der Waals surface area contributed by atoms with Crippen LogP contribution >= 0.6 is 15.9 Å². The van der Waals surface area contributed by atoms with Gasteiger partial charge >= 0.3 is 5.97 Å². The number of carbonyl (C=O) groups is 2. The first kappa shape index (κ1) is 25.2.